The molecule has 1 aromatic heterocycles. The molecule has 0 amide bonds. The minimum atomic E-state index is -3.01. The second-order valence-electron chi connectivity index (χ2n) is 5.73. The number of methoxy groups -OCH3 is 1. The van der Waals surface area contributed by atoms with Crippen molar-refractivity contribution in [2.75, 3.05) is 7.11 Å². The summed E-state index contributed by atoms with van der Waals surface area (Å²) in [7, 11) is 1.33. The standard InChI is InChI=1S/C20H14ClF2NO4S/c1-27-15-7-2-11(8-16(15)28-20(22)23)9-17-19(26)24-18(29-17)10-14(25)12-3-5-13(21)6-4-12/h2-10,20H,1H3,(H,24,26)/b17-9-,18-10-. The molecule has 0 fully saturated rings. The number of benzene rings is 2. The number of hydrogen-bond acceptors (Lipinski definition) is 5. The highest BCUT2D eigenvalue weighted by atomic mass is 35.5. The van der Waals surface area contributed by atoms with Gasteiger partial charge in [0.25, 0.3) is 5.56 Å². The van der Waals surface area contributed by atoms with E-state index in [1.165, 1.54) is 31.4 Å². The molecule has 29 heavy (non-hydrogen) atoms. The van der Waals surface area contributed by atoms with E-state index in [1.807, 2.05) is 0 Å². The molecule has 2 aromatic carbocycles. The zero-order chi connectivity index (χ0) is 21.0. The van der Waals surface area contributed by atoms with Crippen molar-refractivity contribution in [2.45, 2.75) is 6.61 Å². The third-order valence-electron chi connectivity index (χ3n) is 3.77. The summed E-state index contributed by atoms with van der Waals surface area (Å²) in [6.45, 7) is -3.01. The summed E-state index contributed by atoms with van der Waals surface area (Å²) in [6.07, 6.45) is 2.82. The van der Waals surface area contributed by atoms with Crippen molar-refractivity contribution in [3.63, 3.8) is 0 Å². The summed E-state index contributed by atoms with van der Waals surface area (Å²) < 4.78 is 35.2. The number of hydrogen-bond donors (Lipinski definition) is 1. The Balaban J connectivity index is 1.96. The molecule has 0 aliphatic carbocycles. The molecule has 150 valence electrons. The zero-order valence-corrected chi connectivity index (χ0v) is 16.5. The Bertz CT molecular complexity index is 1200. The highest BCUT2D eigenvalue weighted by Gasteiger charge is 2.11. The van der Waals surface area contributed by atoms with Crippen LogP contribution in [-0.4, -0.2) is 24.5 Å². The quantitative estimate of drug-likeness (QED) is 0.601. The van der Waals surface area contributed by atoms with Gasteiger partial charge in [0.2, 0.25) is 0 Å². The fraction of sp³-hybridized carbons (Fsp3) is 0.100. The van der Waals surface area contributed by atoms with Gasteiger partial charge in [0.1, 0.15) is 0 Å². The predicted molar refractivity (Wildman–Crippen MR) is 108 cm³/mol. The van der Waals surface area contributed by atoms with E-state index in [-0.39, 0.29) is 17.3 Å². The van der Waals surface area contributed by atoms with Crippen molar-refractivity contribution in [1.82, 2.24) is 4.98 Å². The second-order valence-corrected chi connectivity index (χ2v) is 7.25. The Hall–Kier alpha value is -2.97. The van der Waals surface area contributed by atoms with Crippen LogP contribution >= 0.6 is 22.9 Å². The zero-order valence-electron chi connectivity index (χ0n) is 14.9. The third kappa shape index (κ3) is 5.30. The lowest BCUT2D eigenvalue weighted by Gasteiger charge is -2.10. The fourth-order valence-corrected chi connectivity index (χ4v) is 3.47. The number of ketones is 1. The van der Waals surface area contributed by atoms with Gasteiger partial charge in [-0.2, -0.15) is 8.78 Å². The number of thiazole rings is 1. The van der Waals surface area contributed by atoms with Crippen molar-refractivity contribution in [2.24, 2.45) is 0 Å². The van der Waals surface area contributed by atoms with E-state index in [0.717, 1.165) is 11.3 Å². The van der Waals surface area contributed by atoms with Crippen LogP contribution in [0.4, 0.5) is 8.78 Å². The smallest absolute Gasteiger partial charge is 0.387 e. The van der Waals surface area contributed by atoms with E-state index in [2.05, 4.69) is 9.72 Å². The van der Waals surface area contributed by atoms with Gasteiger partial charge in [0, 0.05) is 16.7 Å². The number of alkyl halides is 2. The number of H-pyrrole nitrogens is 1. The van der Waals surface area contributed by atoms with Gasteiger partial charge in [-0.25, -0.2) is 0 Å². The van der Waals surface area contributed by atoms with Crippen LogP contribution in [0.5, 0.6) is 11.5 Å². The van der Waals surface area contributed by atoms with Gasteiger partial charge in [-0.1, -0.05) is 17.7 Å². The molecule has 1 N–H and O–H groups in total. The number of halogens is 3. The molecule has 0 aliphatic rings. The molecule has 3 aromatic rings. The highest BCUT2D eigenvalue weighted by molar-refractivity contribution is 7.07. The second kappa shape index (κ2) is 9.02. The SMILES string of the molecule is COc1ccc(/C=c2\s/c(=C\C(=O)c3ccc(Cl)cc3)[nH]c2=O)cc1OC(F)F. The molecule has 0 saturated carbocycles. The number of aromatic amines is 1. The molecule has 9 heteroatoms. The van der Waals surface area contributed by atoms with Gasteiger partial charge in [0.15, 0.2) is 17.3 Å². The molecule has 0 aliphatic heterocycles. The molecular formula is C20H14ClF2NO4S. The first-order valence-corrected chi connectivity index (χ1v) is 9.40. The lowest BCUT2D eigenvalue weighted by atomic mass is 10.1. The first-order chi connectivity index (χ1) is 13.9. The van der Waals surface area contributed by atoms with Crippen LogP contribution in [0.2, 0.25) is 5.02 Å². The molecule has 0 bridgehead atoms. The summed E-state index contributed by atoms with van der Waals surface area (Å²) in [5.41, 5.74) is 0.486. The molecule has 0 spiro atoms. The van der Waals surface area contributed by atoms with Crippen LogP contribution in [0.25, 0.3) is 12.2 Å². The van der Waals surface area contributed by atoms with Crippen molar-refractivity contribution < 1.29 is 23.0 Å². The maximum absolute atomic E-state index is 12.6. The van der Waals surface area contributed by atoms with E-state index < -0.39 is 12.2 Å². The van der Waals surface area contributed by atoms with Gasteiger partial charge in [0.05, 0.1) is 16.3 Å². The number of aromatic nitrogens is 1. The number of rotatable bonds is 6. The maximum Gasteiger partial charge on any atom is 0.387 e. The fourth-order valence-electron chi connectivity index (χ4n) is 2.46. The van der Waals surface area contributed by atoms with Crippen LogP contribution in [0, 0.1) is 0 Å². The first-order valence-electron chi connectivity index (χ1n) is 8.21. The topological polar surface area (TPSA) is 68.4 Å². The van der Waals surface area contributed by atoms with Crippen molar-refractivity contribution in [1.29, 1.82) is 0 Å². The van der Waals surface area contributed by atoms with Crippen molar-refractivity contribution in [3.05, 3.63) is 78.2 Å². The molecule has 0 unspecified atom stereocenters. The Morgan fingerprint density at radius 1 is 1.17 bits per heavy atom. The summed E-state index contributed by atoms with van der Waals surface area (Å²) in [4.78, 5) is 27.1. The number of ether oxygens (including phenoxy) is 2. The molecule has 0 atom stereocenters. The van der Waals surface area contributed by atoms with Gasteiger partial charge >= 0.3 is 6.61 Å². The van der Waals surface area contributed by atoms with E-state index in [1.54, 1.807) is 30.3 Å². The average molecular weight is 438 g/mol. The van der Waals surface area contributed by atoms with Crippen molar-refractivity contribution in [3.8, 4) is 11.5 Å². The molecule has 3 rings (SSSR count). The minimum absolute atomic E-state index is 0.144. The third-order valence-corrected chi connectivity index (χ3v) is 4.99. The minimum Gasteiger partial charge on any atom is -0.493 e. The Morgan fingerprint density at radius 2 is 1.90 bits per heavy atom. The highest BCUT2D eigenvalue weighted by Crippen LogP contribution is 2.29. The Labute approximate surface area is 172 Å². The van der Waals surface area contributed by atoms with E-state index in [9.17, 15) is 18.4 Å². The normalized spacial score (nSPS) is 12.4. The summed E-state index contributed by atoms with van der Waals surface area (Å²) in [5, 5.41) is 0.512. The van der Waals surface area contributed by atoms with Crippen LogP contribution < -0.4 is 24.2 Å². The largest absolute Gasteiger partial charge is 0.493 e. The van der Waals surface area contributed by atoms with Crippen molar-refractivity contribution >= 4 is 40.9 Å². The Morgan fingerprint density at radius 3 is 2.55 bits per heavy atom. The summed E-state index contributed by atoms with van der Waals surface area (Å²) >= 11 is 6.87. The van der Waals surface area contributed by atoms with Crippen LogP contribution in [0.3, 0.4) is 0 Å². The summed E-state index contributed by atoms with van der Waals surface area (Å²) in [5.74, 6) is -0.290. The van der Waals surface area contributed by atoms with Gasteiger partial charge in [-0.05, 0) is 48.0 Å². The van der Waals surface area contributed by atoms with E-state index >= 15 is 0 Å². The lowest BCUT2D eigenvalue weighted by Crippen LogP contribution is -2.20. The van der Waals surface area contributed by atoms with Gasteiger partial charge in [-0.3, -0.25) is 9.59 Å². The van der Waals surface area contributed by atoms with Gasteiger partial charge in [-0.15, -0.1) is 11.3 Å². The average Bonchev–Trinajstić information content (AvgIpc) is 3.01. The van der Waals surface area contributed by atoms with Crippen LogP contribution in [0.15, 0.2) is 47.3 Å². The number of carbonyl (C=O) groups excluding carboxylic acids is 1. The van der Waals surface area contributed by atoms with Gasteiger partial charge < -0.3 is 14.5 Å². The predicted octanol–water partition coefficient (Wildman–Crippen LogP) is 3.19. The van der Waals surface area contributed by atoms with Crippen LogP contribution in [-0.2, 0) is 0 Å². The molecule has 0 radical (unpaired) electrons. The summed E-state index contributed by atoms with van der Waals surface area (Å²) in [6, 6.07) is 10.8. The maximum atomic E-state index is 12.6. The number of Topliss-reactive ketones (excluding diaryl/α,β-unsaturated/α-hetero) is 1. The van der Waals surface area contributed by atoms with E-state index in [0.29, 0.717) is 25.3 Å². The Kier molecular flexibility index (Phi) is 6.46. The monoisotopic (exact) mass is 437 g/mol. The van der Waals surface area contributed by atoms with E-state index in [4.69, 9.17) is 16.3 Å². The molecule has 1 heterocycles. The molecule has 0 saturated heterocycles. The molecular weight excluding hydrogens is 424 g/mol. The lowest BCUT2D eigenvalue weighted by molar-refractivity contribution is -0.0512. The first kappa shape index (κ1) is 20.8. The molecule has 5 nitrogen and oxygen atoms in total. The van der Waals surface area contributed by atoms with Crippen LogP contribution in [0.1, 0.15) is 15.9 Å². The number of carbonyl (C=O) groups is 1. The number of nitrogens with one attached hydrogen (secondary N) is 1.